The van der Waals surface area contributed by atoms with E-state index in [0.29, 0.717) is 17.4 Å². The van der Waals surface area contributed by atoms with E-state index in [0.717, 1.165) is 44.9 Å². The van der Waals surface area contributed by atoms with E-state index in [9.17, 15) is 19.4 Å². The average Bonchev–Trinajstić information content (AvgIpc) is 3.29. The summed E-state index contributed by atoms with van der Waals surface area (Å²) < 4.78 is 23.4. The molecule has 0 fully saturated rings. The van der Waals surface area contributed by atoms with Gasteiger partial charge in [0.15, 0.2) is 0 Å². The lowest BCUT2D eigenvalue weighted by Gasteiger charge is -2.25. The molecule has 0 radical (unpaired) electrons. The van der Waals surface area contributed by atoms with Crippen LogP contribution in [0.5, 0.6) is 0 Å². The fraction of sp³-hybridized carbons (Fsp3) is 0.879. The first-order valence-corrected chi connectivity index (χ1v) is 30.4. The second-order valence-electron chi connectivity index (χ2n) is 21.0. The topological polar surface area (TPSA) is 105 Å². The van der Waals surface area contributed by atoms with Crippen LogP contribution in [0, 0.1) is 0 Å². The van der Waals surface area contributed by atoms with Crippen molar-refractivity contribution in [3.8, 4) is 0 Å². The van der Waals surface area contributed by atoms with Gasteiger partial charge in [0.2, 0.25) is 5.91 Å². The predicted molar refractivity (Wildman–Crippen MR) is 291 cm³/mol. The fourth-order valence-corrected chi connectivity index (χ4v) is 9.27. The number of unbranched alkanes of at least 4 members (excludes halogenated alkanes) is 36. The molecule has 9 heteroatoms. The van der Waals surface area contributed by atoms with Crippen molar-refractivity contribution < 1.29 is 32.9 Å². The van der Waals surface area contributed by atoms with Crippen LogP contribution in [0.4, 0.5) is 0 Å². The van der Waals surface area contributed by atoms with Gasteiger partial charge in [-0.05, 0) is 44.9 Å². The number of hydrogen-bond acceptors (Lipinski definition) is 5. The molecule has 0 aromatic rings. The van der Waals surface area contributed by atoms with Crippen LogP contribution in [0.1, 0.15) is 277 Å². The van der Waals surface area contributed by atoms with Crippen molar-refractivity contribution in [3.05, 3.63) is 36.5 Å². The Bertz CT molecular complexity index is 1190. The summed E-state index contributed by atoms with van der Waals surface area (Å²) in [5.74, 6) is -0.182. The molecule has 3 N–H and O–H groups in total. The Morgan fingerprint density at radius 3 is 1.25 bits per heavy atom. The maximum atomic E-state index is 12.8. The number of rotatable bonds is 53. The Balaban J connectivity index is 3.59. The second kappa shape index (κ2) is 49.7. The minimum absolute atomic E-state index is 0.0619. The maximum Gasteiger partial charge on any atom is 0.472 e. The summed E-state index contributed by atoms with van der Waals surface area (Å²) in [6, 6.07) is -0.839. The smallest absolute Gasteiger partial charge is 0.387 e. The summed E-state index contributed by atoms with van der Waals surface area (Å²) >= 11 is 0. The second-order valence-corrected chi connectivity index (χ2v) is 22.5. The molecule has 396 valence electrons. The standard InChI is InChI=1S/C58H113N2O6P/c1-6-8-10-12-13-14-15-16-17-18-19-20-21-22-23-24-25-26-27-28-29-30-31-32-33-34-35-36-37-38-39-40-41-42-43-44-45-46-47-48-50-52-58(62)59-56(57(61)51-49-11-9-7-2)55-66-67(63,64)65-54-53-60(3,4)5/h15-16,18-19,49,51,56-57,61H,6-14,17,20-48,50,52-55H2,1-5H3,(H-,59,62,63,64)/p+1/b16-15-,19-18-,51-49+. The summed E-state index contributed by atoms with van der Waals surface area (Å²) in [5, 5.41) is 13.6. The SMILES string of the molecule is CCCC/C=C/C(O)C(COP(=O)(O)OCC[N+](C)(C)C)NC(=O)CCCCCCCCCCCCCCCCCCCCCCCCCCCCCCC/C=C\C/C=C\CCCCCCC. The van der Waals surface area contributed by atoms with Crippen molar-refractivity contribution in [3.63, 3.8) is 0 Å². The van der Waals surface area contributed by atoms with Crippen LogP contribution in [0.2, 0.25) is 0 Å². The summed E-state index contributed by atoms with van der Waals surface area (Å²) in [7, 11) is 1.57. The Hall–Kier alpha value is -1.28. The van der Waals surface area contributed by atoms with Gasteiger partial charge in [-0.2, -0.15) is 0 Å². The van der Waals surface area contributed by atoms with Crippen LogP contribution in [0.3, 0.4) is 0 Å². The van der Waals surface area contributed by atoms with E-state index in [1.54, 1.807) is 6.08 Å². The molecule has 0 aromatic heterocycles. The molecule has 8 nitrogen and oxygen atoms in total. The number of nitrogens with zero attached hydrogens (tertiary/aromatic N) is 1. The van der Waals surface area contributed by atoms with Gasteiger partial charge in [0.1, 0.15) is 13.2 Å². The van der Waals surface area contributed by atoms with Crippen LogP contribution in [0.15, 0.2) is 36.5 Å². The lowest BCUT2D eigenvalue weighted by molar-refractivity contribution is -0.870. The zero-order valence-corrected chi connectivity index (χ0v) is 46.0. The van der Waals surface area contributed by atoms with Gasteiger partial charge >= 0.3 is 7.82 Å². The van der Waals surface area contributed by atoms with Gasteiger partial charge < -0.3 is 19.8 Å². The molecule has 0 aliphatic carbocycles. The van der Waals surface area contributed by atoms with E-state index in [1.807, 2.05) is 27.2 Å². The lowest BCUT2D eigenvalue weighted by atomic mass is 10.0. The van der Waals surface area contributed by atoms with Gasteiger partial charge in [-0.3, -0.25) is 13.8 Å². The molecule has 3 atom stereocenters. The van der Waals surface area contributed by atoms with Crippen molar-refractivity contribution in [2.24, 2.45) is 0 Å². The number of carbonyl (C=O) groups excluding carboxylic acids is 1. The highest BCUT2D eigenvalue weighted by Crippen LogP contribution is 2.43. The Morgan fingerprint density at radius 2 is 0.866 bits per heavy atom. The Morgan fingerprint density at radius 1 is 0.507 bits per heavy atom. The molecule has 0 heterocycles. The van der Waals surface area contributed by atoms with E-state index in [2.05, 4.69) is 43.5 Å². The molecule has 0 saturated carbocycles. The van der Waals surface area contributed by atoms with Gasteiger partial charge in [0.05, 0.1) is 39.9 Å². The fourth-order valence-electron chi connectivity index (χ4n) is 8.53. The first-order valence-electron chi connectivity index (χ1n) is 28.9. The molecular formula is C58H114N2O6P+. The third-order valence-corrected chi connectivity index (χ3v) is 14.1. The van der Waals surface area contributed by atoms with Crippen LogP contribution in [0.25, 0.3) is 0 Å². The van der Waals surface area contributed by atoms with Crippen molar-refractivity contribution in [1.29, 1.82) is 0 Å². The number of aliphatic hydroxyl groups is 1. The third-order valence-electron chi connectivity index (χ3n) is 13.1. The summed E-state index contributed by atoms with van der Waals surface area (Å²) in [4.78, 5) is 22.9. The summed E-state index contributed by atoms with van der Waals surface area (Å²) in [6.45, 7) is 4.67. The minimum atomic E-state index is -4.32. The molecule has 67 heavy (non-hydrogen) atoms. The predicted octanol–water partition coefficient (Wildman–Crippen LogP) is 17.4. The number of phosphoric ester groups is 1. The van der Waals surface area contributed by atoms with Gasteiger partial charge in [-0.15, -0.1) is 0 Å². The highest BCUT2D eigenvalue weighted by Gasteiger charge is 2.27. The minimum Gasteiger partial charge on any atom is -0.387 e. The van der Waals surface area contributed by atoms with Gasteiger partial charge in [-0.25, -0.2) is 4.57 Å². The number of phosphoric acid groups is 1. The van der Waals surface area contributed by atoms with E-state index in [1.165, 1.54) is 212 Å². The number of hydrogen-bond donors (Lipinski definition) is 3. The van der Waals surface area contributed by atoms with Gasteiger partial charge in [0.25, 0.3) is 0 Å². The number of allylic oxidation sites excluding steroid dienone is 5. The van der Waals surface area contributed by atoms with Crippen LogP contribution < -0.4 is 5.32 Å². The first-order chi connectivity index (χ1) is 32.5. The molecule has 0 aliphatic rings. The van der Waals surface area contributed by atoms with E-state index in [-0.39, 0.29) is 19.1 Å². The molecule has 1 amide bonds. The molecule has 0 aromatic carbocycles. The van der Waals surface area contributed by atoms with Crippen molar-refractivity contribution in [1.82, 2.24) is 5.32 Å². The summed E-state index contributed by atoms with van der Waals surface area (Å²) in [5.41, 5.74) is 0. The monoisotopic (exact) mass is 966 g/mol. The highest BCUT2D eigenvalue weighted by molar-refractivity contribution is 7.47. The van der Waals surface area contributed by atoms with Crippen molar-refractivity contribution in [2.45, 2.75) is 289 Å². The largest absolute Gasteiger partial charge is 0.472 e. The number of aliphatic hydroxyl groups excluding tert-OH is 1. The molecular weight excluding hydrogens is 852 g/mol. The summed E-state index contributed by atoms with van der Waals surface area (Å²) in [6.07, 6.45) is 65.1. The van der Waals surface area contributed by atoms with Gasteiger partial charge in [0, 0.05) is 6.42 Å². The van der Waals surface area contributed by atoms with Crippen LogP contribution in [-0.4, -0.2) is 73.4 Å². The molecule has 3 unspecified atom stereocenters. The van der Waals surface area contributed by atoms with Gasteiger partial charge in [-0.1, -0.05) is 262 Å². The maximum absolute atomic E-state index is 12.8. The molecule has 0 aliphatic heterocycles. The highest BCUT2D eigenvalue weighted by atomic mass is 31.2. The molecule has 0 spiro atoms. The molecule has 0 saturated heterocycles. The molecule has 0 rings (SSSR count). The van der Waals surface area contributed by atoms with E-state index < -0.39 is 20.0 Å². The van der Waals surface area contributed by atoms with E-state index in [4.69, 9.17) is 9.05 Å². The lowest BCUT2D eigenvalue weighted by Crippen LogP contribution is -2.45. The number of quaternary nitrogens is 1. The Labute approximate surface area is 417 Å². The number of likely N-dealkylation sites (N-methyl/N-ethyl adjacent to an activating group) is 1. The van der Waals surface area contributed by atoms with Crippen molar-refractivity contribution >= 4 is 13.7 Å². The quantitative estimate of drug-likeness (QED) is 0.0243. The third kappa shape index (κ3) is 52.4. The number of nitrogens with one attached hydrogen (secondary N) is 1. The first kappa shape index (κ1) is 65.7. The molecule has 0 bridgehead atoms. The van der Waals surface area contributed by atoms with Crippen LogP contribution in [-0.2, 0) is 18.4 Å². The zero-order valence-electron chi connectivity index (χ0n) is 45.2. The van der Waals surface area contributed by atoms with Crippen LogP contribution >= 0.6 is 7.82 Å². The Kier molecular flexibility index (Phi) is 48.7. The number of amides is 1. The average molecular weight is 967 g/mol. The normalized spacial score (nSPS) is 14.2. The number of carbonyl (C=O) groups is 1. The van der Waals surface area contributed by atoms with E-state index >= 15 is 0 Å². The zero-order chi connectivity index (χ0) is 49.2. The van der Waals surface area contributed by atoms with Crippen molar-refractivity contribution in [2.75, 3.05) is 40.9 Å².